The highest BCUT2D eigenvalue weighted by molar-refractivity contribution is 7.17. The van der Waals surface area contributed by atoms with Crippen molar-refractivity contribution in [3.05, 3.63) is 39.8 Å². The zero-order chi connectivity index (χ0) is 22.1. The molecule has 8 heteroatoms. The van der Waals surface area contributed by atoms with Crippen LogP contribution in [0.5, 0.6) is 11.5 Å². The first-order chi connectivity index (χ1) is 15.6. The number of nitrogens with zero attached hydrogens (tertiary/aromatic N) is 1. The lowest BCUT2D eigenvalue weighted by atomic mass is 9.95. The lowest BCUT2D eigenvalue weighted by Gasteiger charge is -2.25. The van der Waals surface area contributed by atoms with Gasteiger partial charge in [0, 0.05) is 17.3 Å². The Morgan fingerprint density at radius 2 is 1.91 bits per heavy atom. The lowest BCUT2D eigenvalue weighted by Crippen LogP contribution is -2.33. The normalized spacial score (nSPS) is 20.4. The molecule has 5 rings (SSSR count). The van der Waals surface area contributed by atoms with Gasteiger partial charge in [0.15, 0.2) is 11.5 Å². The van der Waals surface area contributed by atoms with Gasteiger partial charge in [-0.2, -0.15) is 0 Å². The number of hydrogen-bond donors (Lipinski definition) is 2. The molecule has 1 unspecified atom stereocenters. The highest BCUT2D eigenvalue weighted by Gasteiger charge is 2.30. The molecule has 1 aromatic heterocycles. The molecule has 0 saturated carbocycles. The quantitative estimate of drug-likeness (QED) is 0.718. The van der Waals surface area contributed by atoms with Gasteiger partial charge in [0.2, 0.25) is 5.91 Å². The van der Waals surface area contributed by atoms with E-state index in [1.807, 2.05) is 6.07 Å². The molecule has 3 heterocycles. The fraction of sp³-hybridized carbons (Fsp3) is 0.500. The Balaban J connectivity index is 1.30. The number of likely N-dealkylation sites (tertiary alicyclic amines) is 1. The van der Waals surface area contributed by atoms with E-state index >= 15 is 0 Å². The van der Waals surface area contributed by atoms with Crippen molar-refractivity contribution in [2.75, 3.05) is 31.6 Å². The van der Waals surface area contributed by atoms with Crippen LogP contribution in [0.25, 0.3) is 0 Å². The van der Waals surface area contributed by atoms with Crippen molar-refractivity contribution in [1.29, 1.82) is 0 Å². The molecule has 170 valence electrons. The number of anilines is 1. The van der Waals surface area contributed by atoms with Gasteiger partial charge < -0.3 is 20.5 Å². The summed E-state index contributed by atoms with van der Waals surface area (Å²) in [7, 11) is 0. The maximum absolute atomic E-state index is 13.0. The van der Waals surface area contributed by atoms with Gasteiger partial charge in [-0.25, -0.2) is 0 Å². The van der Waals surface area contributed by atoms with E-state index < -0.39 is 5.91 Å². The second-order valence-electron chi connectivity index (χ2n) is 8.71. The molecule has 0 bridgehead atoms. The van der Waals surface area contributed by atoms with Gasteiger partial charge in [0.05, 0.1) is 25.3 Å². The fourth-order valence-electron chi connectivity index (χ4n) is 5.05. The Hall–Kier alpha value is -2.58. The molecule has 0 radical (unpaired) electrons. The van der Waals surface area contributed by atoms with Crippen LogP contribution < -0.4 is 20.5 Å². The molecule has 2 amide bonds. The van der Waals surface area contributed by atoms with Crippen molar-refractivity contribution in [3.8, 4) is 11.5 Å². The number of nitrogens with two attached hydrogens (primary N) is 1. The average molecular weight is 456 g/mol. The number of carbonyl (C=O) groups excluding carboxylic acids is 2. The predicted molar refractivity (Wildman–Crippen MR) is 124 cm³/mol. The standard InChI is InChI=1S/C24H29N3O4S/c25-23(29)22-16-5-1-2-7-20(16)32-24(22)26-21(28)14-27-10-3-6-17(27)15-8-9-18-19(13-15)31-12-4-11-30-18/h8-9,13,17H,1-7,10-12,14H2,(H2,25,29)(H,26,28). The van der Waals surface area contributed by atoms with Crippen LogP contribution in [0, 0.1) is 0 Å². The van der Waals surface area contributed by atoms with Crippen LogP contribution in [-0.4, -0.2) is 43.0 Å². The molecule has 2 aromatic rings. The first kappa shape index (κ1) is 21.3. The third-order valence-corrected chi connectivity index (χ3v) is 7.74. The molecule has 3 N–H and O–H groups in total. The lowest BCUT2D eigenvalue weighted by molar-refractivity contribution is -0.117. The van der Waals surface area contributed by atoms with Crippen LogP contribution in [-0.2, 0) is 17.6 Å². The average Bonchev–Trinajstić information content (AvgIpc) is 3.30. The number of benzene rings is 1. The maximum Gasteiger partial charge on any atom is 0.251 e. The molecule has 1 aromatic carbocycles. The highest BCUT2D eigenvalue weighted by Crippen LogP contribution is 2.39. The molecule has 1 saturated heterocycles. The molecule has 2 aliphatic heterocycles. The second-order valence-corrected chi connectivity index (χ2v) is 9.82. The molecule has 3 aliphatic rings. The van der Waals surface area contributed by atoms with E-state index in [9.17, 15) is 9.59 Å². The SMILES string of the molecule is NC(=O)c1c(NC(=O)CN2CCCC2c2ccc3c(c2)OCCCO3)sc2c1CCCC2. The van der Waals surface area contributed by atoms with Gasteiger partial charge in [-0.1, -0.05) is 6.07 Å². The minimum atomic E-state index is -0.453. The third-order valence-electron chi connectivity index (χ3n) is 6.54. The van der Waals surface area contributed by atoms with Gasteiger partial charge in [0.25, 0.3) is 5.91 Å². The minimum Gasteiger partial charge on any atom is -0.490 e. The monoisotopic (exact) mass is 455 g/mol. The van der Waals surface area contributed by atoms with Gasteiger partial charge in [-0.05, 0) is 68.3 Å². The predicted octanol–water partition coefficient (Wildman–Crippen LogP) is 3.66. The van der Waals surface area contributed by atoms with Crippen molar-refractivity contribution < 1.29 is 19.1 Å². The van der Waals surface area contributed by atoms with E-state index in [2.05, 4.69) is 22.3 Å². The molecule has 0 spiro atoms. The summed E-state index contributed by atoms with van der Waals surface area (Å²) < 4.78 is 11.6. The number of carbonyl (C=O) groups is 2. The van der Waals surface area contributed by atoms with Crippen molar-refractivity contribution in [2.24, 2.45) is 5.73 Å². The summed E-state index contributed by atoms with van der Waals surface area (Å²) in [5.74, 6) is 1.01. The van der Waals surface area contributed by atoms with E-state index in [0.717, 1.165) is 74.1 Å². The van der Waals surface area contributed by atoms with E-state index in [-0.39, 0.29) is 18.5 Å². The van der Waals surface area contributed by atoms with E-state index in [0.29, 0.717) is 23.8 Å². The van der Waals surface area contributed by atoms with E-state index in [1.54, 1.807) is 0 Å². The van der Waals surface area contributed by atoms with Crippen LogP contribution in [0.4, 0.5) is 5.00 Å². The van der Waals surface area contributed by atoms with E-state index in [1.165, 1.54) is 16.2 Å². The molecular weight excluding hydrogens is 426 g/mol. The zero-order valence-corrected chi connectivity index (χ0v) is 19.0. The second kappa shape index (κ2) is 9.11. The van der Waals surface area contributed by atoms with Crippen LogP contribution in [0.1, 0.15) is 64.5 Å². The molecule has 1 atom stereocenters. The Bertz CT molecular complexity index is 1030. The number of thiophene rings is 1. The van der Waals surface area contributed by atoms with Gasteiger partial charge in [0.1, 0.15) is 5.00 Å². The number of ether oxygens (including phenoxy) is 2. The molecule has 1 aliphatic carbocycles. The summed E-state index contributed by atoms with van der Waals surface area (Å²) in [6.07, 6.45) is 6.89. The molecule has 7 nitrogen and oxygen atoms in total. The Kier molecular flexibility index (Phi) is 6.06. The summed E-state index contributed by atoms with van der Waals surface area (Å²) in [5.41, 5.74) is 8.36. The van der Waals surface area contributed by atoms with Gasteiger partial charge in [-0.3, -0.25) is 14.5 Å². The van der Waals surface area contributed by atoms with Gasteiger partial charge in [-0.15, -0.1) is 11.3 Å². The first-order valence-electron chi connectivity index (χ1n) is 11.5. The molecule has 32 heavy (non-hydrogen) atoms. The van der Waals surface area contributed by atoms with Crippen molar-refractivity contribution in [1.82, 2.24) is 4.90 Å². The Morgan fingerprint density at radius 1 is 1.09 bits per heavy atom. The highest BCUT2D eigenvalue weighted by atomic mass is 32.1. The Morgan fingerprint density at radius 3 is 2.75 bits per heavy atom. The van der Waals surface area contributed by atoms with Crippen LogP contribution in [0.2, 0.25) is 0 Å². The summed E-state index contributed by atoms with van der Waals surface area (Å²) in [6, 6.07) is 6.26. The number of primary amides is 1. The zero-order valence-electron chi connectivity index (χ0n) is 18.2. The van der Waals surface area contributed by atoms with Crippen LogP contribution >= 0.6 is 11.3 Å². The van der Waals surface area contributed by atoms with Crippen molar-refractivity contribution in [2.45, 2.75) is 51.0 Å². The third kappa shape index (κ3) is 4.21. The number of rotatable bonds is 5. The van der Waals surface area contributed by atoms with Crippen LogP contribution in [0.3, 0.4) is 0 Å². The summed E-state index contributed by atoms with van der Waals surface area (Å²) >= 11 is 1.51. The maximum atomic E-state index is 13.0. The van der Waals surface area contributed by atoms with Crippen molar-refractivity contribution >= 4 is 28.2 Å². The molecular formula is C24H29N3O4S. The largest absolute Gasteiger partial charge is 0.490 e. The minimum absolute atomic E-state index is 0.104. The summed E-state index contributed by atoms with van der Waals surface area (Å²) in [5, 5.41) is 3.61. The fourth-order valence-corrected chi connectivity index (χ4v) is 6.36. The number of nitrogens with one attached hydrogen (secondary N) is 1. The number of amides is 2. The Labute approximate surface area is 191 Å². The first-order valence-corrected chi connectivity index (χ1v) is 12.3. The number of hydrogen-bond acceptors (Lipinski definition) is 6. The van der Waals surface area contributed by atoms with Crippen molar-refractivity contribution in [3.63, 3.8) is 0 Å². The van der Waals surface area contributed by atoms with E-state index in [4.69, 9.17) is 15.2 Å². The topological polar surface area (TPSA) is 93.9 Å². The summed E-state index contributed by atoms with van der Waals surface area (Å²) in [4.78, 5) is 28.5. The smallest absolute Gasteiger partial charge is 0.251 e. The van der Waals surface area contributed by atoms with Crippen LogP contribution in [0.15, 0.2) is 18.2 Å². The summed E-state index contributed by atoms with van der Waals surface area (Å²) in [6.45, 7) is 2.46. The molecule has 1 fully saturated rings. The number of aryl methyl sites for hydroxylation is 1. The van der Waals surface area contributed by atoms with Gasteiger partial charge >= 0.3 is 0 Å². The number of fused-ring (bicyclic) bond motifs is 2.